The van der Waals surface area contributed by atoms with E-state index in [0.29, 0.717) is 0 Å². The van der Waals surface area contributed by atoms with Crippen molar-refractivity contribution in [1.82, 2.24) is 4.57 Å². The Morgan fingerprint density at radius 2 is 2.29 bits per heavy atom. The molecule has 2 aromatic rings. The van der Waals surface area contributed by atoms with Gasteiger partial charge in [-0.25, -0.2) is 0 Å². The van der Waals surface area contributed by atoms with Crippen molar-refractivity contribution in [3.8, 4) is 0 Å². The molecule has 0 aromatic carbocycles. The summed E-state index contributed by atoms with van der Waals surface area (Å²) < 4.78 is 2.82. The van der Waals surface area contributed by atoms with E-state index in [2.05, 4.69) is 12.6 Å². The smallest absolute Gasteiger partial charge is 0.259 e. The molecule has 0 aliphatic rings. The van der Waals surface area contributed by atoms with Gasteiger partial charge in [0.1, 0.15) is 0 Å². The topological polar surface area (TPSA) is 22.0 Å². The summed E-state index contributed by atoms with van der Waals surface area (Å²) in [5, 5.41) is 2.78. The molecular weight excluding hydrogens is 214 g/mol. The van der Waals surface area contributed by atoms with Crippen LogP contribution >= 0.6 is 24.0 Å². The molecule has 0 radical (unpaired) electrons. The summed E-state index contributed by atoms with van der Waals surface area (Å²) in [7, 11) is 0. The Bertz CT molecular complexity index is 486. The lowest BCUT2D eigenvalue weighted by molar-refractivity contribution is 0.665. The number of aromatic nitrogens is 1. The Balaban J connectivity index is 2.46. The lowest BCUT2D eigenvalue weighted by Gasteiger charge is -2.03. The average Bonchev–Trinajstić information content (AvgIpc) is 2.66. The van der Waals surface area contributed by atoms with Crippen LogP contribution in [-0.4, -0.2) is 10.3 Å². The number of pyridine rings is 1. The normalized spacial score (nSPS) is 10.9. The van der Waals surface area contributed by atoms with Gasteiger partial charge in [-0.05, 0) is 29.7 Å². The fraction of sp³-hybridized carbons (Fsp3) is 0.300. The monoisotopic (exact) mass is 225 g/mol. The minimum absolute atomic E-state index is 0.116. The Kier molecular flexibility index (Phi) is 2.93. The van der Waals surface area contributed by atoms with Crippen LogP contribution < -0.4 is 5.56 Å². The first-order valence-electron chi connectivity index (χ1n) is 4.50. The number of hydrogen-bond donors (Lipinski definition) is 1. The number of fused-ring (bicyclic) bond motifs is 1. The molecule has 2 nitrogen and oxygen atoms in total. The summed E-state index contributed by atoms with van der Waals surface area (Å²) >= 11 is 5.74. The lowest BCUT2D eigenvalue weighted by Crippen LogP contribution is -2.18. The fourth-order valence-corrected chi connectivity index (χ4v) is 2.34. The second kappa shape index (κ2) is 4.19. The molecule has 0 bridgehead atoms. The number of rotatable bonds is 3. The molecule has 0 spiro atoms. The Labute approximate surface area is 91.6 Å². The van der Waals surface area contributed by atoms with Gasteiger partial charge in [-0.2, -0.15) is 12.6 Å². The molecule has 14 heavy (non-hydrogen) atoms. The van der Waals surface area contributed by atoms with Crippen molar-refractivity contribution in [1.29, 1.82) is 0 Å². The number of hydrogen-bond acceptors (Lipinski definition) is 3. The van der Waals surface area contributed by atoms with Crippen LogP contribution in [-0.2, 0) is 6.54 Å². The van der Waals surface area contributed by atoms with Crippen molar-refractivity contribution >= 4 is 34.1 Å². The molecule has 0 aliphatic heterocycles. The summed E-state index contributed by atoms with van der Waals surface area (Å²) in [6, 6.07) is 3.89. The first-order valence-corrected chi connectivity index (χ1v) is 6.01. The van der Waals surface area contributed by atoms with E-state index in [-0.39, 0.29) is 5.56 Å². The van der Waals surface area contributed by atoms with Crippen molar-refractivity contribution in [2.75, 3.05) is 5.75 Å². The van der Waals surface area contributed by atoms with Gasteiger partial charge >= 0.3 is 0 Å². The standard InChI is InChI=1S/C10H11NOS2/c12-10-8-3-7-14-9(8)2-5-11(10)4-1-6-13/h2-3,5,7,13H,1,4,6H2. The van der Waals surface area contributed by atoms with Gasteiger partial charge in [0, 0.05) is 17.4 Å². The highest BCUT2D eigenvalue weighted by molar-refractivity contribution is 7.80. The number of nitrogens with zero attached hydrogens (tertiary/aromatic N) is 1. The minimum Gasteiger partial charge on any atom is -0.315 e. The zero-order chi connectivity index (χ0) is 9.97. The molecular formula is C10H11NOS2. The van der Waals surface area contributed by atoms with Crippen molar-refractivity contribution in [2.45, 2.75) is 13.0 Å². The first kappa shape index (κ1) is 9.80. The molecule has 0 saturated heterocycles. The maximum absolute atomic E-state index is 11.8. The summed E-state index contributed by atoms with van der Waals surface area (Å²) in [5.74, 6) is 0.814. The van der Waals surface area contributed by atoms with Gasteiger partial charge in [-0.15, -0.1) is 11.3 Å². The van der Waals surface area contributed by atoms with Gasteiger partial charge in [0.25, 0.3) is 5.56 Å². The second-order valence-corrected chi connectivity index (χ2v) is 4.48. The Morgan fingerprint density at radius 3 is 3.07 bits per heavy atom. The van der Waals surface area contributed by atoms with E-state index in [0.717, 1.165) is 28.8 Å². The van der Waals surface area contributed by atoms with E-state index in [9.17, 15) is 4.79 Å². The highest BCUT2D eigenvalue weighted by atomic mass is 32.1. The fourth-order valence-electron chi connectivity index (χ4n) is 1.42. The van der Waals surface area contributed by atoms with Crippen molar-refractivity contribution < 1.29 is 0 Å². The molecule has 2 aromatic heterocycles. The zero-order valence-electron chi connectivity index (χ0n) is 7.64. The van der Waals surface area contributed by atoms with Crippen molar-refractivity contribution in [3.63, 3.8) is 0 Å². The third-order valence-corrected chi connectivity index (χ3v) is 3.35. The SMILES string of the molecule is O=c1c2ccsc2ccn1CCCS. The van der Waals surface area contributed by atoms with Gasteiger partial charge in [0.15, 0.2) is 0 Å². The van der Waals surface area contributed by atoms with Gasteiger partial charge in [-0.1, -0.05) is 0 Å². The molecule has 2 rings (SSSR count). The van der Waals surface area contributed by atoms with E-state index in [1.807, 2.05) is 23.7 Å². The molecule has 74 valence electrons. The third kappa shape index (κ3) is 1.72. The highest BCUT2D eigenvalue weighted by Gasteiger charge is 2.02. The van der Waals surface area contributed by atoms with Crippen LogP contribution in [0.25, 0.3) is 10.1 Å². The van der Waals surface area contributed by atoms with Crippen LogP contribution in [0, 0.1) is 0 Å². The van der Waals surface area contributed by atoms with E-state index in [4.69, 9.17) is 0 Å². The Hall–Kier alpha value is -0.740. The quantitative estimate of drug-likeness (QED) is 0.796. The molecule has 0 unspecified atom stereocenters. The maximum atomic E-state index is 11.8. The number of thiophene rings is 1. The molecule has 0 saturated carbocycles. The predicted molar refractivity (Wildman–Crippen MR) is 64.6 cm³/mol. The van der Waals surface area contributed by atoms with E-state index in [1.54, 1.807) is 15.9 Å². The molecule has 0 fully saturated rings. The summed E-state index contributed by atoms with van der Waals surface area (Å²) in [4.78, 5) is 11.8. The summed E-state index contributed by atoms with van der Waals surface area (Å²) in [6.45, 7) is 0.758. The molecule has 0 atom stereocenters. The third-order valence-electron chi connectivity index (χ3n) is 2.15. The van der Waals surface area contributed by atoms with Gasteiger partial charge < -0.3 is 4.57 Å². The van der Waals surface area contributed by atoms with Crippen LogP contribution in [0.15, 0.2) is 28.5 Å². The van der Waals surface area contributed by atoms with Crippen LogP contribution in [0.4, 0.5) is 0 Å². The largest absolute Gasteiger partial charge is 0.315 e. The molecule has 0 amide bonds. The molecule has 0 aliphatic carbocycles. The predicted octanol–water partition coefficient (Wildman–Crippen LogP) is 2.38. The van der Waals surface area contributed by atoms with Gasteiger partial charge in [0.2, 0.25) is 0 Å². The van der Waals surface area contributed by atoms with E-state index >= 15 is 0 Å². The Morgan fingerprint density at radius 1 is 1.43 bits per heavy atom. The second-order valence-electron chi connectivity index (χ2n) is 3.09. The molecule has 0 N–H and O–H groups in total. The van der Waals surface area contributed by atoms with Crippen molar-refractivity contribution in [3.05, 3.63) is 34.1 Å². The number of aryl methyl sites for hydroxylation is 1. The zero-order valence-corrected chi connectivity index (χ0v) is 9.35. The minimum atomic E-state index is 0.116. The first-order chi connectivity index (χ1) is 6.83. The number of thiol groups is 1. The lowest BCUT2D eigenvalue weighted by atomic mass is 10.3. The van der Waals surface area contributed by atoms with Crippen LogP contribution in [0.1, 0.15) is 6.42 Å². The van der Waals surface area contributed by atoms with Crippen LogP contribution in [0.2, 0.25) is 0 Å². The summed E-state index contributed by atoms with van der Waals surface area (Å²) in [6.07, 6.45) is 2.79. The summed E-state index contributed by atoms with van der Waals surface area (Å²) in [5.41, 5.74) is 0.116. The van der Waals surface area contributed by atoms with E-state index < -0.39 is 0 Å². The van der Waals surface area contributed by atoms with E-state index in [1.165, 1.54) is 0 Å². The van der Waals surface area contributed by atoms with Gasteiger partial charge in [0.05, 0.1) is 5.39 Å². The average molecular weight is 225 g/mol. The highest BCUT2D eigenvalue weighted by Crippen LogP contribution is 2.16. The van der Waals surface area contributed by atoms with Gasteiger partial charge in [-0.3, -0.25) is 4.79 Å². The molecule has 4 heteroatoms. The van der Waals surface area contributed by atoms with Crippen molar-refractivity contribution in [2.24, 2.45) is 0 Å². The maximum Gasteiger partial charge on any atom is 0.259 e. The molecule has 2 heterocycles. The van der Waals surface area contributed by atoms with Crippen LogP contribution in [0.3, 0.4) is 0 Å². The van der Waals surface area contributed by atoms with Crippen LogP contribution in [0.5, 0.6) is 0 Å².